The summed E-state index contributed by atoms with van der Waals surface area (Å²) in [5, 5.41) is 0.407. The van der Waals surface area contributed by atoms with Gasteiger partial charge in [0.05, 0.1) is 16.5 Å². The molecule has 0 saturated carbocycles. The molecule has 17 heavy (non-hydrogen) atoms. The van der Waals surface area contributed by atoms with Crippen LogP contribution in [0.25, 0.3) is 0 Å². The van der Waals surface area contributed by atoms with E-state index in [1.54, 1.807) is 32.4 Å². The zero-order valence-electron chi connectivity index (χ0n) is 10.0. The van der Waals surface area contributed by atoms with Gasteiger partial charge in [0.25, 0.3) is 0 Å². The van der Waals surface area contributed by atoms with Crippen molar-refractivity contribution in [1.29, 1.82) is 0 Å². The third-order valence-electron chi connectivity index (χ3n) is 2.24. The minimum Gasteiger partial charge on any atom is -0.396 e. The standard InChI is InChI=1S/C11H17N3O2S/c1-14(2)10(15)6-4-8-17(16)11-9(12)5-3-7-13-11/h3,5,7H,4,6,8,12H2,1-2H3. The van der Waals surface area contributed by atoms with Gasteiger partial charge in [-0.05, 0) is 18.6 Å². The Morgan fingerprint density at radius 3 is 2.82 bits per heavy atom. The first kappa shape index (κ1) is 13.6. The fourth-order valence-electron chi connectivity index (χ4n) is 1.27. The molecule has 94 valence electrons. The third kappa shape index (κ3) is 4.14. The maximum atomic E-state index is 11.9. The fraction of sp³-hybridized carbons (Fsp3) is 0.455. The smallest absolute Gasteiger partial charge is 0.222 e. The van der Waals surface area contributed by atoms with Crippen molar-refractivity contribution in [3.8, 4) is 0 Å². The van der Waals surface area contributed by atoms with E-state index >= 15 is 0 Å². The first-order chi connectivity index (χ1) is 8.02. The van der Waals surface area contributed by atoms with E-state index < -0.39 is 10.8 Å². The first-order valence-corrected chi connectivity index (χ1v) is 6.63. The number of aromatic nitrogens is 1. The van der Waals surface area contributed by atoms with E-state index in [1.807, 2.05) is 0 Å². The number of nitrogen functional groups attached to an aromatic ring is 1. The molecule has 0 bridgehead atoms. The van der Waals surface area contributed by atoms with Crippen LogP contribution in [0.4, 0.5) is 5.69 Å². The van der Waals surface area contributed by atoms with Crippen molar-refractivity contribution in [3.63, 3.8) is 0 Å². The lowest BCUT2D eigenvalue weighted by Gasteiger charge is -2.09. The van der Waals surface area contributed by atoms with Crippen LogP contribution < -0.4 is 5.73 Å². The molecular weight excluding hydrogens is 238 g/mol. The molecule has 1 aromatic heterocycles. The van der Waals surface area contributed by atoms with E-state index in [4.69, 9.17) is 5.73 Å². The van der Waals surface area contributed by atoms with E-state index in [1.165, 1.54) is 4.90 Å². The Bertz CT molecular complexity index is 421. The summed E-state index contributed by atoms with van der Waals surface area (Å²) in [5.41, 5.74) is 6.11. The highest BCUT2D eigenvalue weighted by Crippen LogP contribution is 2.13. The molecule has 0 radical (unpaired) electrons. The molecule has 0 aliphatic rings. The van der Waals surface area contributed by atoms with E-state index in [0.717, 1.165) is 0 Å². The molecule has 1 heterocycles. The summed E-state index contributed by atoms with van der Waals surface area (Å²) in [7, 11) is 2.18. The van der Waals surface area contributed by atoms with Crippen LogP contribution in [0, 0.1) is 0 Å². The molecule has 0 aromatic carbocycles. The molecule has 1 rings (SSSR count). The molecule has 0 saturated heterocycles. The van der Waals surface area contributed by atoms with Gasteiger partial charge in [-0.3, -0.25) is 9.00 Å². The lowest BCUT2D eigenvalue weighted by Crippen LogP contribution is -2.21. The number of anilines is 1. The maximum absolute atomic E-state index is 11.9. The SMILES string of the molecule is CN(C)C(=O)CCCS(=O)c1ncccc1N. The molecule has 0 spiro atoms. The Hall–Kier alpha value is -1.43. The van der Waals surface area contributed by atoms with E-state index in [-0.39, 0.29) is 5.91 Å². The van der Waals surface area contributed by atoms with Crippen molar-refractivity contribution in [3.05, 3.63) is 18.3 Å². The summed E-state index contributed by atoms with van der Waals surface area (Å²) in [6.45, 7) is 0. The summed E-state index contributed by atoms with van der Waals surface area (Å²) in [5.74, 6) is 0.442. The van der Waals surface area contributed by atoms with Gasteiger partial charge in [-0.25, -0.2) is 4.98 Å². The lowest BCUT2D eigenvalue weighted by atomic mass is 10.3. The Balaban J connectivity index is 2.46. The van der Waals surface area contributed by atoms with Gasteiger partial charge in [0, 0.05) is 32.5 Å². The molecule has 0 aliphatic carbocycles. The molecule has 5 nitrogen and oxygen atoms in total. The Morgan fingerprint density at radius 1 is 1.53 bits per heavy atom. The fourth-order valence-corrected chi connectivity index (χ4v) is 2.38. The minimum atomic E-state index is -1.23. The van der Waals surface area contributed by atoms with Crippen LogP contribution >= 0.6 is 0 Å². The number of nitrogens with zero attached hydrogens (tertiary/aromatic N) is 2. The van der Waals surface area contributed by atoms with Crippen molar-refractivity contribution < 1.29 is 9.00 Å². The zero-order valence-corrected chi connectivity index (χ0v) is 10.9. The van der Waals surface area contributed by atoms with Crippen LogP contribution in [0.1, 0.15) is 12.8 Å². The molecule has 6 heteroatoms. The van der Waals surface area contributed by atoms with Gasteiger partial charge in [-0.15, -0.1) is 0 Å². The van der Waals surface area contributed by atoms with Crippen molar-refractivity contribution in [2.45, 2.75) is 17.9 Å². The van der Waals surface area contributed by atoms with Gasteiger partial charge in [-0.2, -0.15) is 0 Å². The largest absolute Gasteiger partial charge is 0.396 e. The highest BCUT2D eigenvalue weighted by Gasteiger charge is 2.10. The number of nitrogens with two attached hydrogens (primary N) is 1. The molecule has 0 fully saturated rings. The van der Waals surface area contributed by atoms with Crippen LogP contribution in [0.5, 0.6) is 0 Å². The topological polar surface area (TPSA) is 76.3 Å². The molecule has 2 N–H and O–H groups in total. The van der Waals surface area contributed by atoms with Crippen LogP contribution in [0.2, 0.25) is 0 Å². The summed E-state index contributed by atoms with van der Waals surface area (Å²) in [6, 6.07) is 3.37. The molecule has 1 atom stereocenters. The van der Waals surface area contributed by atoms with Crippen LogP contribution in [-0.2, 0) is 15.6 Å². The highest BCUT2D eigenvalue weighted by molar-refractivity contribution is 7.85. The van der Waals surface area contributed by atoms with Gasteiger partial charge >= 0.3 is 0 Å². The summed E-state index contributed by atoms with van der Waals surface area (Å²) in [6.07, 6.45) is 2.53. The summed E-state index contributed by atoms with van der Waals surface area (Å²) >= 11 is 0. The lowest BCUT2D eigenvalue weighted by molar-refractivity contribution is -0.128. The van der Waals surface area contributed by atoms with Crippen LogP contribution in [0.15, 0.2) is 23.4 Å². The Labute approximate surface area is 103 Å². The minimum absolute atomic E-state index is 0.0380. The van der Waals surface area contributed by atoms with Crippen LogP contribution in [0.3, 0.4) is 0 Å². The number of hydrogen-bond acceptors (Lipinski definition) is 4. The van der Waals surface area contributed by atoms with Crippen molar-refractivity contribution in [2.75, 3.05) is 25.6 Å². The van der Waals surface area contributed by atoms with E-state index in [2.05, 4.69) is 4.98 Å². The van der Waals surface area contributed by atoms with E-state index in [9.17, 15) is 9.00 Å². The number of carbonyl (C=O) groups excluding carboxylic acids is 1. The second kappa shape index (κ2) is 6.34. The average molecular weight is 255 g/mol. The van der Waals surface area contributed by atoms with Gasteiger partial charge in [-0.1, -0.05) is 0 Å². The normalized spacial score (nSPS) is 12.1. The van der Waals surface area contributed by atoms with Crippen molar-refractivity contribution >= 4 is 22.4 Å². The second-order valence-corrected chi connectivity index (χ2v) is 5.33. The van der Waals surface area contributed by atoms with Crippen LogP contribution in [-0.4, -0.2) is 39.8 Å². The molecule has 1 aromatic rings. The van der Waals surface area contributed by atoms with Crippen molar-refractivity contribution in [2.24, 2.45) is 0 Å². The summed E-state index contributed by atoms with van der Waals surface area (Å²) < 4.78 is 11.9. The monoisotopic (exact) mass is 255 g/mol. The molecule has 1 unspecified atom stereocenters. The Kier molecular flexibility index (Phi) is 5.09. The number of amides is 1. The van der Waals surface area contributed by atoms with E-state index in [0.29, 0.717) is 29.3 Å². The third-order valence-corrected chi connectivity index (χ3v) is 3.67. The van der Waals surface area contributed by atoms with Gasteiger partial charge in [0.1, 0.15) is 5.03 Å². The first-order valence-electron chi connectivity index (χ1n) is 5.31. The molecule has 0 aliphatic heterocycles. The van der Waals surface area contributed by atoms with Gasteiger partial charge < -0.3 is 10.6 Å². The molecular formula is C11H17N3O2S. The predicted octanol–water partition coefficient (Wildman–Crippen LogP) is 0.640. The number of pyridine rings is 1. The highest BCUT2D eigenvalue weighted by atomic mass is 32.2. The number of rotatable bonds is 5. The Morgan fingerprint density at radius 2 is 2.24 bits per heavy atom. The van der Waals surface area contributed by atoms with Gasteiger partial charge in [0.2, 0.25) is 5.91 Å². The quantitative estimate of drug-likeness (QED) is 0.837. The number of hydrogen-bond donors (Lipinski definition) is 1. The van der Waals surface area contributed by atoms with Gasteiger partial charge in [0.15, 0.2) is 0 Å². The second-order valence-electron chi connectivity index (χ2n) is 3.84. The summed E-state index contributed by atoms with van der Waals surface area (Å²) in [4.78, 5) is 16.8. The maximum Gasteiger partial charge on any atom is 0.222 e. The molecule has 1 amide bonds. The zero-order chi connectivity index (χ0) is 12.8. The predicted molar refractivity (Wildman–Crippen MR) is 67.9 cm³/mol. The average Bonchev–Trinajstić information content (AvgIpc) is 2.29. The number of carbonyl (C=O) groups is 1. The van der Waals surface area contributed by atoms with Crippen molar-refractivity contribution in [1.82, 2.24) is 9.88 Å².